The Bertz CT molecular complexity index is 1990. The second-order valence-electron chi connectivity index (χ2n) is 11.2. The third-order valence-corrected chi connectivity index (χ3v) is 9.95. The number of aliphatic imine (C=N–C) groups is 1. The number of thioether (sulfide) groups is 1. The SMILES string of the molecule is CN=C(C=C(N)CSCc1nn(C)c(C)c1-c1c(Cl)ccc2c1c(C)c(C(=O)OC)n2CCCOc1cccc2ccccc12)CS. The number of esters is 1. The largest absolute Gasteiger partial charge is 0.493 e. The highest BCUT2D eigenvalue weighted by Gasteiger charge is 2.27. The number of aromatic nitrogens is 3. The zero-order valence-electron chi connectivity index (χ0n) is 27.3. The number of fused-ring (bicyclic) bond motifs is 2. The fourth-order valence-corrected chi connectivity index (χ4v) is 7.28. The smallest absolute Gasteiger partial charge is 0.354 e. The van der Waals surface area contributed by atoms with Crippen molar-refractivity contribution >= 4 is 69.3 Å². The molecule has 5 aromatic rings. The molecule has 2 aromatic heterocycles. The maximum atomic E-state index is 13.3. The Morgan fingerprint density at radius 2 is 1.89 bits per heavy atom. The number of halogens is 1. The molecule has 0 fully saturated rings. The number of thiol groups is 1. The van der Waals surface area contributed by atoms with Gasteiger partial charge in [0.05, 0.1) is 19.4 Å². The molecule has 0 aliphatic rings. The summed E-state index contributed by atoms with van der Waals surface area (Å²) < 4.78 is 15.4. The predicted molar refractivity (Wildman–Crippen MR) is 200 cm³/mol. The Kier molecular flexibility index (Phi) is 11.3. The Labute approximate surface area is 290 Å². The number of ether oxygens (including phenoxy) is 2. The molecule has 0 spiro atoms. The Morgan fingerprint density at radius 1 is 1.13 bits per heavy atom. The van der Waals surface area contributed by atoms with E-state index >= 15 is 0 Å². The van der Waals surface area contributed by atoms with Crippen molar-refractivity contribution in [3.63, 3.8) is 0 Å². The number of methoxy groups -OCH3 is 1. The average molecular weight is 690 g/mol. The number of allylic oxidation sites excluding steroid dienone is 1. The van der Waals surface area contributed by atoms with E-state index in [0.717, 1.165) is 66.9 Å². The molecule has 246 valence electrons. The second-order valence-corrected chi connectivity index (χ2v) is 12.9. The minimum absolute atomic E-state index is 0.395. The number of carbonyl (C=O) groups is 1. The maximum Gasteiger partial charge on any atom is 0.354 e. The van der Waals surface area contributed by atoms with E-state index in [2.05, 4.69) is 35.8 Å². The van der Waals surface area contributed by atoms with Gasteiger partial charge in [0.15, 0.2) is 0 Å². The number of nitrogens with two attached hydrogens (primary N) is 1. The van der Waals surface area contributed by atoms with Crippen molar-refractivity contribution in [3.8, 4) is 16.9 Å². The standard InChI is InChI=1S/C36H40ClN5O3S2/c1-22-32-30(42(35(22)36(43)44-5)16-9-17-45-31-13-8-11-24-10-6-7-12-27(24)31)15-14-28(37)34(32)33-23(2)41(4)40-29(33)21-47-20-25(38)18-26(19-46)39-3/h6-8,10-15,18,46H,9,16-17,19-21,38H2,1-5H3. The topological polar surface area (TPSA) is 96.7 Å². The Morgan fingerprint density at radius 3 is 2.64 bits per heavy atom. The second kappa shape index (κ2) is 15.4. The van der Waals surface area contributed by atoms with E-state index in [4.69, 9.17) is 31.9 Å². The van der Waals surface area contributed by atoms with Gasteiger partial charge in [-0.2, -0.15) is 17.7 Å². The van der Waals surface area contributed by atoms with E-state index < -0.39 is 5.97 Å². The van der Waals surface area contributed by atoms with Crippen LogP contribution in [0.25, 0.3) is 32.8 Å². The average Bonchev–Trinajstić information content (AvgIpc) is 3.52. The Hall–Kier alpha value is -3.86. The third kappa shape index (κ3) is 7.20. The molecule has 0 unspecified atom stereocenters. The monoisotopic (exact) mass is 689 g/mol. The third-order valence-electron chi connectivity index (χ3n) is 8.30. The lowest BCUT2D eigenvalue weighted by Gasteiger charge is -2.13. The fraction of sp³-hybridized carbons (Fsp3) is 0.306. The lowest BCUT2D eigenvalue weighted by atomic mass is 9.97. The summed E-state index contributed by atoms with van der Waals surface area (Å²) in [6.07, 6.45) is 2.55. The van der Waals surface area contributed by atoms with Gasteiger partial charge in [0.2, 0.25) is 0 Å². The molecule has 0 radical (unpaired) electrons. The lowest BCUT2D eigenvalue weighted by molar-refractivity contribution is 0.0587. The van der Waals surface area contributed by atoms with Crippen molar-refractivity contribution in [1.29, 1.82) is 0 Å². The van der Waals surface area contributed by atoms with Crippen LogP contribution >= 0.6 is 36.0 Å². The van der Waals surface area contributed by atoms with Gasteiger partial charge in [-0.25, -0.2) is 4.79 Å². The van der Waals surface area contributed by atoms with Crippen LogP contribution in [0.4, 0.5) is 0 Å². The summed E-state index contributed by atoms with van der Waals surface area (Å²) in [4.78, 5) is 17.5. The first-order valence-electron chi connectivity index (χ1n) is 15.3. The van der Waals surface area contributed by atoms with Gasteiger partial charge in [-0.05, 0) is 55.5 Å². The van der Waals surface area contributed by atoms with Gasteiger partial charge in [0, 0.05) is 87.4 Å². The van der Waals surface area contributed by atoms with Gasteiger partial charge in [-0.1, -0.05) is 48.0 Å². The van der Waals surface area contributed by atoms with Crippen molar-refractivity contribution in [1.82, 2.24) is 14.3 Å². The Balaban J connectivity index is 1.48. The number of benzene rings is 3. The quantitative estimate of drug-likeness (QED) is 0.0567. The molecule has 0 aliphatic heterocycles. The molecule has 0 atom stereocenters. The van der Waals surface area contributed by atoms with Crippen molar-refractivity contribution in [3.05, 3.63) is 94.0 Å². The summed E-state index contributed by atoms with van der Waals surface area (Å²) in [5, 5.41) is 8.58. The van der Waals surface area contributed by atoms with E-state index in [0.29, 0.717) is 47.5 Å². The number of nitrogens with zero attached hydrogens (tertiary/aromatic N) is 4. The van der Waals surface area contributed by atoms with Crippen LogP contribution in [0.15, 0.2) is 71.4 Å². The molecule has 0 saturated heterocycles. The molecule has 8 nitrogen and oxygen atoms in total. The van der Waals surface area contributed by atoms with Crippen LogP contribution in [0.3, 0.4) is 0 Å². The van der Waals surface area contributed by atoms with Gasteiger partial charge in [0.1, 0.15) is 11.4 Å². The van der Waals surface area contributed by atoms with Crippen molar-refractivity contribution in [2.24, 2.45) is 17.8 Å². The first kappa shape index (κ1) is 34.5. The number of carbonyl (C=O) groups excluding carboxylic acids is 1. The van der Waals surface area contributed by atoms with E-state index in [1.807, 2.05) is 72.6 Å². The minimum atomic E-state index is -0.395. The van der Waals surface area contributed by atoms with Gasteiger partial charge in [-0.15, -0.1) is 11.8 Å². The van der Waals surface area contributed by atoms with Crippen LogP contribution in [0, 0.1) is 13.8 Å². The van der Waals surface area contributed by atoms with Crippen LogP contribution < -0.4 is 10.5 Å². The van der Waals surface area contributed by atoms with Crippen LogP contribution in [-0.4, -0.2) is 58.3 Å². The van der Waals surface area contributed by atoms with E-state index in [1.165, 1.54) is 7.11 Å². The summed E-state index contributed by atoms with van der Waals surface area (Å²) in [7, 11) is 5.07. The molecular formula is C36H40ClN5O3S2. The zero-order valence-corrected chi connectivity index (χ0v) is 29.8. The lowest BCUT2D eigenvalue weighted by Crippen LogP contribution is -2.13. The minimum Gasteiger partial charge on any atom is -0.493 e. The van der Waals surface area contributed by atoms with Crippen molar-refractivity contribution < 1.29 is 14.3 Å². The van der Waals surface area contributed by atoms with Gasteiger partial charge < -0.3 is 19.8 Å². The fourth-order valence-electron chi connectivity index (χ4n) is 5.98. The van der Waals surface area contributed by atoms with Gasteiger partial charge >= 0.3 is 5.97 Å². The number of rotatable bonds is 13. The molecule has 0 saturated carbocycles. The number of aryl methyl sites for hydroxylation is 3. The molecule has 0 aliphatic carbocycles. The zero-order chi connectivity index (χ0) is 33.7. The maximum absolute atomic E-state index is 13.3. The van der Waals surface area contributed by atoms with Crippen LogP contribution in [0.2, 0.25) is 5.02 Å². The highest BCUT2D eigenvalue weighted by molar-refractivity contribution is 7.98. The first-order chi connectivity index (χ1) is 22.7. The summed E-state index contributed by atoms with van der Waals surface area (Å²) >= 11 is 13.0. The van der Waals surface area contributed by atoms with E-state index in [1.54, 1.807) is 18.8 Å². The molecule has 11 heteroatoms. The summed E-state index contributed by atoms with van der Waals surface area (Å²) in [6, 6.07) is 18.1. The molecule has 5 rings (SSSR count). The summed E-state index contributed by atoms with van der Waals surface area (Å²) in [6.45, 7) is 5.02. The molecule has 3 aromatic carbocycles. The molecule has 2 N–H and O–H groups in total. The molecule has 2 heterocycles. The number of hydrogen-bond donors (Lipinski definition) is 2. The highest BCUT2D eigenvalue weighted by Crippen LogP contribution is 2.43. The molecular weight excluding hydrogens is 650 g/mol. The predicted octanol–water partition coefficient (Wildman–Crippen LogP) is 7.80. The molecule has 0 amide bonds. The van der Waals surface area contributed by atoms with E-state index in [9.17, 15) is 4.79 Å². The van der Waals surface area contributed by atoms with Crippen LogP contribution in [-0.2, 0) is 24.1 Å². The molecule has 47 heavy (non-hydrogen) atoms. The normalized spacial score (nSPS) is 12.3. The van der Waals surface area contributed by atoms with Crippen LogP contribution in [0.1, 0.15) is 33.9 Å². The highest BCUT2D eigenvalue weighted by atomic mass is 35.5. The summed E-state index contributed by atoms with van der Waals surface area (Å²) in [5.74, 6) is 2.20. The van der Waals surface area contributed by atoms with Gasteiger partial charge in [-0.3, -0.25) is 9.67 Å². The van der Waals surface area contributed by atoms with Crippen molar-refractivity contribution in [2.45, 2.75) is 32.6 Å². The number of hydrogen-bond acceptors (Lipinski definition) is 8. The van der Waals surface area contributed by atoms with E-state index in [-0.39, 0.29) is 0 Å². The van der Waals surface area contributed by atoms with Crippen molar-refractivity contribution in [2.75, 3.05) is 32.3 Å². The summed E-state index contributed by atoms with van der Waals surface area (Å²) in [5.41, 5.74) is 13.7. The van der Waals surface area contributed by atoms with Gasteiger partial charge in [0.25, 0.3) is 0 Å². The first-order valence-corrected chi connectivity index (χ1v) is 17.5. The molecule has 0 bridgehead atoms. The van der Waals surface area contributed by atoms with Crippen LogP contribution in [0.5, 0.6) is 5.75 Å².